The van der Waals surface area contributed by atoms with Crippen molar-refractivity contribution in [2.24, 2.45) is 5.84 Å². The van der Waals surface area contributed by atoms with Gasteiger partial charge in [-0.15, -0.1) is 0 Å². The SMILES string of the molecule is NN(C=O)Cc1ccncc1. The van der Waals surface area contributed by atoms with Crippen LogP contribution in [0.3, 0.4) is 0 Å². The molecule has 58 valence electrons. The smallest absolute Gasteiger partial charge is 0.223 e. The number of aromatic nitrogens is 1. The number of amides is 1. The first kappa shape index (κ1) is 7.68. The molecule has 1 amide bonds. The Morgan fingerprint density at radius 1 is 1.55 bits per heavy atom. The third-order valence-electron chi connectivity index (χ3n) is 1.25. The van der Waals surface area contributed by atoms with Gasteiger partial charge in [-0.25, -0.2) is 5.84 Å². The molecule has 0 aliphatic carbocycles. The summed E-state index contributed by atoms with van der Waals surface area (Å²) in [5.74, 6) is 5.25. The maximum atomic E-state index is 10.1. The summed E-state index contributed by atoms with van der Waals surface area (Å²) >= 11 is 0. The van der Waals surface area contributed by atoms with Crippen LogP contribution < -0.4 is 5.84 Å². The van der Waals surface area contributed by atoms with E-state index in [2.05, 4.69) is 4.98 Å². The minimum atomic E-state index is 0.423. The molecule has 1 aromatic heterocycles. The van der Waals surface area contributed by atoms with Crippen molar-refractivity contribution >= 4 is 6.41 Å². The van der Waals surface area contributed by atoms with Crippen molar-refractivity contribution in [2.45, 2.75) is 6.54 Å². The molecule has 1 rings (SSSR count). The second-order valence-electron chi connectivity index (χ2n) is 2.13. The number of hydrogen-bond acceptors (Lipinski definition) is 3. The van der Waals surface area contributed by atoms with Gasteiger partial charge in [0.2, 0.25) is 6.41 Å². The Bertz CT molecular complexity index is 224. The number of hydrazine groups is 1. The first-order valence-corrected chi connectivity index (χ1v) is 3.18. The molecule has 0 saturated heterocycles. The van der Waals surface area contributed by atoms with Crippen LogP contribution >= 0.6 is 0 Å². The number of nitrogens with two attached hydrogens (primary N) is 1. The van der Waals surface area contributed by atoms with Gasteiger partial charge < -0.3 is 0 Å². The Hall–Kier alpha value is -1.42. The third kappa shape index (κ3) is 2.35. The molecule has 0 fully saturated rings. The zero-order chi connectivity index (χ0) is 8.10. The highest BCUT2D eigenvalue weighted by atomic mass is 16.1. The van der Waals surface area contributed by atoms with Crippen molar-refractivity contribution in [2.75, 3.05) is 0 Å². The van der Waals surface area contributed by atoms with Crippen LogP contribution in [-0.4, -0.2) is 16.4 Å². The Balaban J connectivity index is 2.57. The first-order chi connectivity index (χ1) is 5.33. The van der Waals surface area contributed by atoms with E-state index in [-0.39, 0.29) is 0 Å². The van der Waals surface area contributed by atoms with Gasteiger partial charge in [0.15, 0.2) is 0 Å². The van der Waals surface area contributed by atoms with Crippen molar-refractivity contribution < 1.29 is 4.79 Å². The first-order valence-electron chi connectivity index (χ1n) is 3.18. The van der Waals surface area contributed by atoms with Gasteiger partial charge in [-0.1, -0.05) is 0 Å². The van der Waals surface area contributed by atoms with Crippen LogP contribution in [0.4, 0.5) is 0 Å². The number of hydrogen-bond donors (Lipinski definition) is 1. The predicted octanol–water partition coefficient (Wildman–Crippen LogP) is -0.0863. The average molecular weight is 151 g/mol. The Morgan fingerprint density at radius 2 is 2.18 bits per heavy atom. The predicted molar refractivity (Wildman–Crippen MR) is 40.0 cm³/mol. The second-order valence-corrected chi connectivity index (χ2v) is 2.13. The number of carbonyl (C=O) groups excluding carboxylic acids is 1. The molecular formula is C7H9N3O. The maximum Gasteiger partial charge on any atom is 0.223 e. The number of carbonyl (C=O) groups is 1. The molecule has 0 spiro atoms. The normalized spacial score (nSPS) is 9.18. The van der Waals surface area contributed by atoms with Crippen LogP contribution in [0.1, 0.15) is 5.56 Å². The van der Waals surface area contributed by atoms with Crippen LogP contribution in [0.2, 0.25) is 0 Å². The molecule has 0 unspecified atom stereocenters. The van der Waals surface area contributed by atoms with Gasteiger partial charge in [0.05, 0.1) is 6.54 Å². The minimum Gasteiger partial charge on any atom is -0.279 e. The van der Waals surface area contributed by atoms with E-state index in [0.29, 0.717) is 13.0 Å². The third-order valence-corrected chi connectivity index (χ3v) is 1.25. The summed E-state index contributed by atoms with van der Waals surface area (Å²) in [7, 11) is 0. The average Bonchev–Trinajstić information content (AvgIpc) is 2.06. The maximum absolute atomic E-state index is 10.1. The lowest BCUT2D eigenvalue weighted by molar-refractivity contribution is -0.118. The van der Waals surface area contributed by atoms with Crippen LogP contribution in [-0.2, 0) is 11.3 Å². The van der Waals surface area contributed by atoms with Gasteiger partial charge in [-0.3, -0.25) is 14.8 Å². The molecule has 4 heteroatoms. The van der Waals surface area contributed by atoms with Crippen LogP contribution in [0.5, 0.6) is 0 Å². The molecule has 1 aromatic rings. The molecule has 11 heavy (non-hydrogen) atoms. The van der Waals surface area contributed by atoms with Crippen molar-refractivity contribution in [3.8, 4) is 0 Å². The minimum absolute atomic E-state index is 0.423. The van der Waals surface area contributed by atoms with Gasteiger partial charge in [0, 0.05) is 12.4 Å². The van der Waals surface area contributed by atoms with E-state index in [1.54, 1.807) is 12.4 Å². The van der Waals surface area contributed by atoms with Crippen LogP contribution in [0.25, 0.3) is 0 Å². The summed E-state index contributed by atoms with van der Waals surface area (Å²) in [4.78, 5) is 13.9. The van der Waals surface area contributed by atoms with Crippen molar-refractivity contribution in [3.05, 3.63) is 30.1 Å². The summed E-state index contributed by atoms with van der Waals surface area (Å²) in [5.41, 5.74) is 0.967. The molecule has 1 heterocycles. The van der Waals surface area contributed by atoms with E-state index < -0.39 is 0 Å². The van der Waals surface area contributed by atoms with E-state index in [4.69, 9.17) is 5.84 Å². The molecule has 0 atom stereocenters. The summed E-state index contributed by atoms with van der Waals surface area (Å²) in [5, 5.41) is 1.08. The lowest BCUT2D eigenvalue weighted by atomic mass is 10.3. The van der Waals surface area contributed by atoms with Crippen LogP contribution in [0.15, 0.2) is 24.5 Å². The lowest BCUT2D eigenvalue weighted by Gasteiger charge is -2.08. The van der Waals surface area contributed by atoms with Gasteiger partial charge in [0.25, 0.3) is 0 Å². The molecule has 0 aliphatic rings. The largest absolute Gasteiger partial charge is 0.279 e. The van der Waals surface area contributed by atoms with E-state index in [1.807, 2.05) is 12.1 Å². The van der Waals surface area contributed by atoms with Gasteiger partial charge in [0.1, 0.15) is 0 Å². The zero-order valence-corrected chi connectivity index (χ0v) is 5.97. The topological polar surface area (TPSA) is 59.2 Å². The highest BCUT2D eigenvalue weighted by Crippen LogP contribution is 1.96. The van der Waals surface area contributed by atoms with E-state index in [9.17, 15) is 4.79 Å². The molecule has 0 saturated carbocycles. The lowest BCUT2D eigenvalue weighted by Crippen LogP contribution is -2.28. The van der Waals surface area contributed by atoms with E-state index >= 15 is 0 Å². The summed E-state index contributed by atoms with van der Waals surface area (Å²) in [6.45, 7) is 0.423. The molecule has 0 radical (unpaired) electrons. The fraction of sp³-hybridized carbons (Fsp3) is 0.143. The fourth-order valence-corrected chi connectivity index (χ4v) is 0.736. The molecule has 0 bridgehead atoms. The molecule has 4 nitrogen and oxygen atoms in total. The summed E-state index contributed by atoms with van der Waals surface area (Å²) in [6.07, 6.45) is 3.91. The number of pyridine rings is 1. The molecule has 0 aliphatic heterocycles. The van der Waals surface area contributed by atoms with Crippen molar-refractivity contribution in [3.63, 3.8) is 0 Å². The zero-order valence-electron chi connectivity index (χ0n) is 5.97. The Morgan fingerprint density at radius 3 is 2.73 bits per heavy atom. The fourth-order valence-electron chi connectivity index (χ4n) is 0.736. The summed E-state index contributed by atoms with van der Waals surface area (Å²) in [6, 6.07) is 3.62. The summed E-state index contributed by atoms with van der Waals surface area (Å²) < 4.78 is 0. The van der Waals surface area contributed by atoms with E-state index in [0.717, 1.165) is 10.6 Å². The highest BCUT2D eigenvalue weighted by Gasteiger charge is 1.94. The van der Waals surface area contributed by atoms with Gasteiger partial charge >= 0.3 is 0 Å². The molecular weight excluding hydrogens is 142 g/mol. The number of nitrogens with zero attached hydrogens (tertiary/aromatic N) is 2. The molecule has 0 aromatic carbocycles. The monoisotopic (exact) mass is 151 g/mol. The van der Waals surface area contributed by atoms with Crippen molar-refractivity contribution in [1.29, 1.82) is 0 Å². The second kappa shape index (κ2) is 3.68. The quantitative estimate of drug-likeness (QED) is 0.284. The Labute approximate surface area is 64.6 Å². The van der Waals surface area contributed by atoms with Gasteiger partial charge in [-0.2, -0.15) is 0 Å². The standard InChI is InChI=1S/C7H9N3O/c8-10(6-11)5-7-1-3-9-4-2-7/h1-4,6H,5,8H2. The number of rotatable bonds is 3. The van der Waals surface area contributed by atoms with E-state index in [1.165, 1.54) is 0 Å². The highest BCUT2D eigenvalue weighted by molar-refractivity contribution is 5.45. The van der Waals surface area contributed by atoms with Crippen molar-refractivity contribution in [1.82, 2.24) is 9.99 Å². The van der Waals surface area contributed by atoms with Crippen LogP contribution in [0, 0.1) is 0 Å². The Kier molecular flexibility index (Phi) is 2.57. The molecule has 2 N–H and O–H groups in total. The van der Waals surface area contributed by atoms with Gasteiger partial charge in [-0.05, 0) is 17.7 Å².